The largest absolute Gasteiger partial charge is 0.320 e. The molecule has 7 heteroatoms. The molecule has 1 N–H and O–H groups in total. The zero-order valence-corrected chi connectivity index (χ0v) is 17.9. The van der Waals surface area contributed by atoms with E-state index in [4.69, 9.17) is 11.6 Å². The van der Waals surface area contributed by atoms with Gasteiger partial charge in [0, 0.05) is 36.6 Å². The van der Waals surface area contributed by atoms with Crippen molar-refractivity contribution in [1.82, 2.24) is 9.55 Å². The van der Waals surface area contributed by atoms with Crippen molar-refractivity contribution in [2.75, 3.05) is 5.32 Å². The van der Waals surface area contributed by atoms with E-state index in [1.54, 1.807) is 19.2 Å². The minimum atomic E-state index is -0.430. The molecule has 2 aromatic heterocycles. The van der Waals surface area contributed by atoms with Crippen molar-refractivity contribution in [1.29, 1.82) is 0 Å². The molecule has 0 radical (unpaired) electrons. The van der Waals surface area contributed by atoms with Crippen molar-refractivity contribution in [3.63, 3.8) is 0 Å². The van der Waals surface area contributed by atoms with Crippen LogP contribution < -0.4 is 10.9 Å². The van der Waals surface area contributed by atoms with Gasteiger partial charge in [-0.2, -0.15) is 0 Å². The van der Waals surface area contributed by atoms with Gasteiger partial charge >= 0.3 is 0 Å². The molecule has 3 rings (SSSR count). The van der Waals surface area contributed by atoms with Crippen molar-refractivity contribution in [2.24, 2.45) is 7.05 Å². The Morgan fingerprint density at radius 1 is 1.03 bits per heavy atom. The van der Waals surface area contributed by atoms with Gasteiger partial charge in [0.2, 0.25) is 11.3 Å². The maximum atomic E-state index is 12.9. The second-order valence-electron chi connectivity index (χ2n) is 8.03. The minimum Gasteiger partial charge on any atom is -0.320 e. The summed E-state index contributed by atoms with van der Waals surface area (Å²) >= 11 is 6.04. The molecule has 1 amide bonds. The molecule has 2 heterocycles. The molecule has 154 valence electrons. The molecule has 0 unspecified atom stereocenters. The van der Waals surface area contributed by atoms with E-state index < -0.39 is 5.78 Å². The average Bonchev–Trinajstić information content (AvgIpc) is 2.69. The van der Waals surface area contributed by atoms with Crippen LogP contribution in [0.2, 0.25) is 5.02 Å². The summed E-state index contributed by atoms with van der Waals surface area (Å²) in [7, 11) is 1.55. The topological polar surface area (TPSA) is 81.1 Å². The molecule has 0 saturated heterocycles. The molecule has 0 spiro atoms. The van der Waals surface area contributed by atoms with Crippen LogP contribution in [0.4, 0.5) is 5.69 Å². The first-order chi connectivity index (χ1) is 14.1. The van der Waals surface area contributed by atoms with Gasteiger partial charge in [-0.15, -0.1) is 0 Å². The number of benzene rings is 1. The number of halogens is 1. The molecule has 0 fully saturated rings. The van der Waals surface area contributed by atoms with E-state index in [2.05, 4.69) is 31.1 Å². The van der Waals surface area contributed by atoms with Crippen molar-refractivity contribution in [2.45, 2.75) is 26.2 Å². The Bertz CT molecular complexity index is 1180. The normalized spacial score (nSPS) is 11.2. The second kappa shape index (κ2) is 8.24. The van der Waals surface area contributed by atoms with Gasteiger partial charge in [-0.1, -0.05) is 44.5 Å². The number of aromatic nitrogens is 2. The highest BCUT2D eigenvalue weighted by molar-refractivity contribution is 6.31. The number of aryl methyl sites for hydroxylation is 1. The highest BCUT2D eigenvalue weighted by atomic mass is 35.5. The molecule has 6 nitrogen and oxygen atoms in total. The zero-order valence-electron chi connectivity index (χ0n) is 17.2. The van der Waals surface area contributed by atoms with E-state index in [1.165, 1.54) is 35.2 Å². The van der Waals surface area contributed by atoms with E-state index in [-0.39, 0.29) is 38.8 Å². The lowest BCUT2D eigenvalue weighted by Gasteiger charge is -2.19. The number of ketones is 1. The number of nitrogens with one attached hydrogen (secondary N) is 1. The van der Waals surface area contributed by atoms with Crippen molar-refractivity contribution >= 4 is 29.0 Å². The molecule has 0 aliphatic heterocycles. The van der Waals surface area contributed by atoms with E-state index in [0.29, 0.717) is 5.56 Å². The van der Waals surface area contributed by atoms with Crippen LogP contribution in [0.15, 0.2) is 59.7 Å². The van der Waals surface area contributed by atoms with Gasteiger partial charge in [-0.05, 0) is 35.2 Å². The first-order valence-electron chi connectivity index (χ1n) is 9.35. The summed E-state index contributed by atoms with van der Waals surface area (Å²) in [5, 5.41) is 3.01. The van der Waals surface area contributed by atoms with Crippen LogP contribution in [0, 0.1) is 0 Å². The first-order valence-corrected chi connectivity index (χ1v) is 9.73. The summed E-state index contributed by atoms with van der Waals surface area (Å²) in [5.74, 6) is -0.810. The number of amides is 1. The molecule has 0 atom stereocenters. The minimum absolute atomic E-state index is 0.0265. The van der Waals surface area contributed by atoms with Crippen LogP contribution in [0.5, 0.6) is 0 Å². The monoisotopic (exact) mass is 423 g/mol. The number of hydrogen-bond acceptors (Lipinski definition) is 4. The van der Waals surface area contributed by atoms with Crippen LogP contribution >= 0.6 is 11.6 Å². The molecular weight excluding hydrogens is 402 g/mol. The molecule has 0 aliphatic carbocycles. The molecular formula is C23H22ClN3O3. The predicted molar refractivity (Wildman–Crippen MR) is 117 cm³/mol. The van der Waals surface area contributed by atoms with Gasteiger partial charge in [0.15, 0.2) is 0 Å². The summed E-state index contributed by atoms with van der Waals surface area (Å²) in [5.41, 5.74) is 1.81. The smallest absolute Gasteiger partial charge is 0.255 e. The Morgan fingerprint density at radius 2 is 1.67 bits per heavy atom. The molecule has 0 saturated carbocycles. The quantitative estimate of drug-likeness (QED) is 0.637. The highest BCUT2D eigenvalue weighted by Crippen LogP contribution is 2.24. The average molecular weight is 424 g/mol. The zero-order chi connectivity index (χ0) is 22.1. The van der Waals surface area contributed by atoms with E-state index in [0.717, 1.165) is 5.56 Å². The number of hydrogen-bond donors (Lipinski definition) is 1. The van der Waals surface area contributed by atoms with Crippen molar-refractivity contribution in [3.8, 4) is 0 Å². The van der Waals surface area contributed by atoms with E-state index in [9.17, 15) is 14.4 Å². The Morgan fingerprint density at radius 3 is 2.27 bits per heavy atom. The second-order valence-corrected chi connectivity index (χ2v) is 8.46. The Kier molecular flexibility index (Phi) is 5.89. The number of anilines is 1. The molecule has 0 bridgehead atoms. The molecule has 0 aliphatic rings. The highest BCUT2D eigenvalue weighted by Gasteiger charge is 2.20. The lowest BCUT2D eigenvalue weighted by Crippen LogP contribution is -2.19. The number of pyridine rings is 2. The SMILES string of the molecule is Cn1cc(C(=O)c2ncc(Cl)cc2NC(=O)c2ccc(C(C)(C)C)cc2)ccc1=O. The maximum absolute atomic E-state index is 12.9. The van der Waals surface area contributed by atoms with Gasteiger partial charge in [-0.25, -0.2) is 4.98 Å². The van der Waals surface area contributed by atoms with Crippen LogP contribution in [0.1, 0.15) is 52.7 Å². The van der Waals surface area contributed by atoms with Gasteiger partial charge < -0.3 is 9.88 Å². The summed E-state index contributed by atoms with van der Waals surface area (Å²) in [4.78, 5) is 41.4. The van der Waals surface area contributed by atoms with Gasteiger partial charge in [0.05, 0.1) is 10.7 Å². The fourth-order valence-corrected chi connectivity index (χ4v) is 3.05. The lowest BCUT2D eigenvalue weighted by atomic mass is 9.87. The van der Waals surface area contributed by atoms with Crippen LogP contribution in [0.25, 0.3) is 0 Å². The maximum Gasteiger partial charge on any atom is 0.255 e. The number of rotatable bonds is 4. The Hall–Kier alpha value is -3.25. The van der Waals surface area contributed by atoms with Crippen LogP contribution in [0.3, 0.4) is 0 Å². The third kappa shape index (κ3) is 4.66. The third-order valence-corrected chi connectivity index (χ3v) is 4.89. The molecule has 1 aromatic carbocycles. The number of nitrogens with zero attached hydrogens (tertiary/aromatic N) is 2. The fraction of sp³-hybridized carbons (Fsp3) is 0.217. The molecule has 30 heavy (non-hydrogen) atoms. The first kappa shape index (κ1) is 21.5. The fourth-order valence-electron chi connectivity index (χ4n) is 2.90. The lowest BCUT2D eigenvalue weighted by molar-refractivity contribution is 0.102. The summed E-state index contributed by atoms with van der Waals surface area (Å²) < 4.78 is 1.30. The number of carbonyl (C=O) groups is 2. The van der Waals surface area contributed by atoms with E-state index >= 15 is 0 Å². The third-order valence-electron chi connectivity index (χ3n) is 4.68. The summed E-state index contributed by atoms with van der Waals surface area (Å²) in [6.07, 6.45) is 2.77. The molecule has 3 aromatic rings. The van der Waals surface area contributed by atoms with Gasteiger partial charge in [-0.3, -0.25) is 14.4 Å². The van der Waals surface area contributed by atoms with E-state index in [1.807, 2.05) is 12.1 Å². The Balaban J connectivity index is 1.91. The summed E-state index contributed by atoms with van der Waals surface area (Å²) in [6, 6.07) is 11.5. The van der Waals surface area contributed by atoms with Crippen LogP contribution in [-0.4, -0.2) is 21.2 Å². The standard InChI is InChI=1S/C23H22ClN3O3/c1-23(2,3)16-8-5-14(6-9-16)22(30)26-18-11-17(24)12-25-20(18)21(29)15-7-10-19(28)27(4)13-15/h5-13H,1-4H3,(H,26,30). The van der Waals surface area contributed by atoms with Gasteiger partial charge in [0.25, 0.3) is 5.91 Å². The Labute approximate surface area is 179 Å². The van der Waals surface area contributed by atoms with Crippen LogP contribution in [-0.2, 0) is 12.5 Å². The predicted octanol–water partition coefficient (Wildman–Crippen LogP) is 4.21. The van der Waals surface area contributed by atoms with Gasteiger partial charge in [0.1, 0.15) is 5.69 Å². The van der Waals surface area contributed by atoms with Crippen molar-refractivity contribution in [3.05, 3.63) is 92.6 Å². The number of carbonyl (C=O) groups excluding carboxylic acids is 2. The van der Waals surface area contributed by atoms with Crippen molar-refractivity contribution < 1.29 is 9.59 Å². The summed E-state index contributed by atoms with van der Waals surface area (Å²) in [6.45, 7) is 6.28.